The number of phenols is 2. The van der Waals surface area contributed by atoms with Gasteiger partial charge in [-0.1, -0.05) is 92.2 Å². The maximum Gasteiger partial charge on any atom is 0.342 e. The normalized spacial score (nSPS) is 14.2. The number of hydrogen-bond donors (Lipinski definition) is 2. The van der Waals surface area contributed by atoms with Crippen LogP contribution in [0.3, 0.4) is 0 Å². The Labute approximate surface area is 515 Å². The number of rotatable bonds is 29. The molecule has 2 unspecified atom stereocenters. The highest BCUT2D eigenvalue weighted by molar-refractivity contribution is 14.1. The van der Waals surface area contributed by atoms with E-state index in [1.54, 1.807) is 43.3 Å². The molecule has 7 rings (SSSR count). The van der Waals surface area contributed by atoms with Crippen LogP contribution in [0.15, 0.2) is 145 Å². The van der Waals surface area contributed by atoms with Gasteiger partial charge in [0, 0.05) is 18.6 Å². The molecule has 83 heavy (non-hydrogen) atoms. The Bertz CT molecular complexity index is 3170. The maximum absolute atomic E-state index is 13.9. The second kappa shape index (κ2) is 29.9. The summed E-state index contributed by atoms with van der Waals surface area (Å²) in [5.74, 6) is -0.889. The van der Waals surface area contributed by atoms with Crippen molar-refractivity contribution < 1.29 is 67.2 Å². The number of aromatic hydroxyl groups is 2. The first-order valence-corrected chi connectivity index (χ1v) is 30.3. The number of carbonyl (C=O) groups excluding carboxylic acids is 3. The van der Waals surface area contributed by atoms with Crippen LogP contribution in [-0.4, -0.2) is 73.7 Å². The summed E-state index contributed by atoms with van der Waals surface area (Å²) in [4.78, 5) is 41.1. The van der Waals surface area contributed by atoms with Crippen molar-refractivity contribution in [3.05, 3.63) is 185 Å². The standard InChI is InChI=1S/C67H76I2O14/c1-9-46(37-53(48-23-27-56(70)57(71)38-48)44(3)45(4)62(72)83-67(10-2)31-17-18-32-67)47-24-28-60(79-42-75-33-35-77-58-29-25-51(68)40-54(58)63(73)81-65(5,6)49-19-13-11-14-20-49)61(39-47)80-43-76-34-36-78-59-30-26-52(69)41-55(59)64(74)82-66(7,8)50-21-15-12-16-22-50/h11-16,19-30,38-41,46,53,70-71H,9-10,17-18,31-37,42-43H2,1-8H3/b45-44+. The zero-order valence-electron chi connectivity index (χ0n) is 48.6. The van der Waals surface area contributed by atoms with Gasteiger partial charge >= 0.3 is 17.9 Å². The van der Waals surface area contributed by atoms with Crippen molar-refractivity contribution in [3.8, 4) is 34.5 Å². The van der Waals surface area contributed by atoms with E-state index in [1.165, 1.54) is 6.07 Å². The number of esters is 3. The molecule has 0 bridgehead atoms. The minimum Gasteiger partial charge on any atom is -0.504 e. The molecule has 0 radical (unpaired) electrons. The molecule has 1 saturated carbocycles. The van der Waals surface area contributed by atoms with E-state index in [-0.39, 0.29) is 74.9 Å². The third-order valence-electron chi connectivity index (χ3n) is 15.3. The second-order valence-corrected chi connectivity index (χ2v) is 24.1. The quantitative estimate of drug-likeness (QED) is 0.00863. The summed E-state index contributed by atoms with van der Waals surface area (Å²) in [6.45, 7) is 15.3. The average molecular weight is 1360 g/mol. The van der Waals surface area contributed by atoms with Crippen molar-refractivity contribution in [1.29, 1.82) is 0 Å². The number of ether oxygens (including phenoxy) is 9. The Morgan fingerprint density at radius 3 is 1.55 bits per heavy atom. The number of halogens is 2. The van der Waals surface area contributed by atoms with Crippen LogP contribution in [0.1, 0.15) is 155 Å². The predicted octanol–water partition coefficient (Wildman–Crippen LogP) is 15.6. The summed E-state index contributed by atoms with van der Waals surface area (Å²) in [7, 11) is 0. The minimum absolute atomic E-state index is 0.0908. The molecule has 2 atom stereocenters. The first-order valence-electron chi connectivity index (χ1n) is 28.1. The SMILES string of the molecule is CCC(CC(/C(C)=C(\C)C(=O)OC1(CC)CCCC1)c1ccc(O)c(O)c1)c1ccc(OCOCCOc2ccc(I)cc2C(=O)OC(C)(C)c2ccccc2)c(OCOCCOc2ccc(I)cc2C(=O)OC(C)(C)c2ccccc2)c1. The second-order valence-electron chi connectivity index (χ2n) is 21.6. The van der Waals surface area contributed by atoms with Crippen molar-refractivity contribution >= 4 is 63.1 Å². The van der Waals surface area contributed by atoms with Crippen molar-refractivity contribution in [2.75, 3.05) is 40.0 Å². The smallest absolute Gasteiger partial charge is 0.342 e. The number of phenolic OH excluding ortho intramolecular Hbond substituents is 2. The van der Waals surface area contributed by atoms with Crippen LogP contribution < -0.4 is 18.9 Å². The van der Waals surface area contributed by atoms with Gasteiger partial charge < -0.3 is 52.8 Å². The first-order chi connectivity index (χ1) is 39.7. The Hall–Kier alpha value is -6.35. The largest absolute Gasteiger partial charge is 0.504 e. The Morgan fingerprint density at radius 2 is 1.06 bits per heavy atom. The first kappa shape index (κ1) is 64.2. The third kappa shape index (κ3) is 17.6. The Morgan fingerprint density at radius 1 is 0.566 bits per heavy atom. The van der Waals surface area contributed by atoms with Gasteiger partial charge in [0.1, 0.15) is 52.6 Å². The van der Waals surface area contributed by atoms with Crippen molar-refractivity contribution in [2.24, 2.45) is 0 Å². The molecule has 1 aliphatic rings. The maximum atomic E-state index is 13.9. The number of hydrogen-bond acceptors (Lipinski definition) is 14. The van der Waals surface area contributed by atoms with E-state index in [0.29, 0.717) is 47.0 Å². The molecule has 0 saturated heterocycles. The van der Waals surface area contributed by atoms with E-state index < -0.39 is 28.7 Å². The van der Waals surface area contributed by atoms with Crippen molar-refractivity contribution in [3.63, 3.8) is 0 Å². The molecule has 1 aliphatic carbocycles. The summed E-state index contributed by atoms with van der Waals surface area (Å²) in [5.41, 5.74) is 2.99. The average Bonchev–Trinajstić information content (AvgIpc) is 3.96. The van der Waals surface area contributed by atoms with Crippen LogP contribution in [0.4, 0.5) is 0 Å². The minimum atomic E-state index is -0.892. The Kier molecular flexibility index (Phi) is 23.2. The van der Waals surface area contributed by atoms with Crippen LogP contribution in [-0.2, 0) is 39.7 Å². The third-order valence-corrected chi connectivity index (χ3v) is 16.6. The number of allylic oxidation sites excluding steroid dienone is 1. The molecule has 0 spiro atoms. The number of carbonyl (C=O) groups is 3. The van der Waals surface area contributed by atoms with Crippen LogP contribution >= 0.6 is 45.2 Å². The highest BCUT2D eigenvalue weighted by Gasteiger charge is 2.37. The van der Waals surface area contributed by atoms with Crippen molar-refractivity contribution in [1.82, 2.24) is 0 Å². The lowest BCUT2D eigenvalue weighted by Gasteiger charge is -2.30. The summed E-state index contributed by atoms with van der Waals surface area (Å²) >= 11 is 4.30. The highest BCUT2D eigenvalue weighted by Crippen LogP contribution is 2.44. The van der Waals surface area contributed by atoms with Gasteiger partial charge in [0.25, 0.3) is 0 Å². The van der Waals surface area contributed by atoms with Gasteiger partial charge in [-0.25, -0.2) is 14.4 Å². The fraction of sp³-hybridized carbons (Fsp3) is 0.388. The topological polar surface area (TPSA) is 175 Å². The molecule has 0 aromatic heterocycles. The van der Waals surface area contributed by atoms with E-state index in [0.717, 1.165) is 67.1 Å². The lowest BCUT2D eigenvalue weighted by molar-refractivity contribution is -0.154. The van der Waals surface area contributed by atoms with Crippen LogP contribution in [0.5, 0.6) is 34.5 Å². The molecule has 6 aromatic rings. The lowest BCUT2D eigenvalue weighted by Crippen LogP contribution is -2.31. The van der Waals surface area contributed by atoms with Gasteiger partial charge in [-0.2, -0.15) is 0 Å². The van der Waals surface area contributed by atoms with Crippen molar-refractivity contribution in [2.45, 2.75) is 129 Å². The molecule has 442 valence electrons. The molecular weight excluding hydrogens is 1280 g/mol. The summed E-state index contributed by atoms with van der Waals surface area (Å²) in [6, 6.07) is 40.2. The number of benzene rings is 6. The van der Waals surface area contributed by atoms with Gasteiger partial charge in [-0.05, 0) is 221 Å². The van der Waals surface area contributed by atoms with Gasteiger partial charge in [0.2, 0.25) is 0 Å². The molecule has 2 N–H and O–H groups in total. The van der Waals surface area contributed by atoms with E-state index in [4.69, 9.17) is 42.6 Å². The van der Waals surface area contributed by atoms with Gasteiger partial charge in [-0.3, -0.25) is 0 Å². The van der Waals surface area contributed by atoms with E-state index in [1.807, 2.05) is 126 Å². The molecule has 1 fully saturated rings. The van der Waals surface area contributed by atoms with Crippen LogP contribution in [0, 0.1) is 7.14 Å². The predicted molar refractivity (Wildman–Crippen MR) is 335 cm³/mol. The molecule has 16 heteroatoms. The summed E-state index contributed by atoms with van der Waals surface area (Å²) < 4.78 is 56.6. The molecule has 0 aliphatic heterocycles. The van der Waals surface area contributed by atoms with Crippen LogP contribution in [0.25, 0.3) is 0 Å². The molecule has 14 nitrogen and oxygen atoms in total. The van der Waals surface area contributed by atoms with Crippen LogP contribution in [0.2, 0.25) is 0 Å². The zero-order chi connectivity index (χ0) is 59.7. The lowest BCUT2D eigenvalue weighted by atomic mass is 9.79. The van der Waals surface area contributed by atoms with E-state index in [2.05, 4.69) is 59.0 Å². The molecule has 0 heterocycles. The fourth-order valence-electron chi connectivity index (χ4n) is 10.1. The molecule has 0 amide bonds. The zero-order valence-corrected chi connectivity index (χ0v) is 52.9. The monoisotopic (exact) mass is 1360 g/mol. The molecular formula is C67H76I2O14. The van der Waals surface area contributed by atoms with Gasteiger partial charge in [0.05, 0.1) is 13.2 Å². The Balaban J connectivity index is 1.05. The highest BCUT2D eigenvalue weighted by atomic mass is 127. The van der Waals surface area contributed by atoms with E-state index in [9.17, 15) is 24.6 Å². The van der Waals surface area contributed by atoms with E-state index >= 15 is 0 Å². The fourth-order valence-corrected chi connectivity index (χ4v) is 11.1. The van der Waals surface area contributed by atoms with Gasteiger partial charge in [-0.15, -0.1) is 0 Å². The van der Waals surface area contributed by atoms with Gasteiger partial charge in [0.15, 0.2) is 36.6 Å². The summed E-state index contributed by atoms with van der Waals surface area (Å²) in [6.07, 6.45) is 5.66. The summed E-state index contributed by atoms with van der Waals surface area (Å²) in [5, 5.41) is 21.1. The molecule has 6 aromatic carbocycles.